The molecule has 304 valence electrons. The van der Waals surface area contributed by atoms with Crippen molar-refractivity contribution in [1.29, 1.82) is 0 Å². The van der Waals surface area contributed by atoms with Crippen LogP contribution in [0.15, 0.2) is 166 Å². The number of phenols is 2. The topological polar surface area (TPSA) is 87.0 Å². The normalized spacial score (nSPS) is 13.5. The maximum Gasteiger partial charge on any atom is 0.384 e. The number of benzene rings is 8. The van der Waals surface area contributed by atoms with Crippen LogP contribution in [0.2, 0.25) is 0 Å². The SMILES string of the molecule is Oc1ccc(-c2cc(-c3ccccc3)cc(-c3cc4c(c5c3op(O)oc3c(-c6cc(-c7ccccc7)cc(-c7ccc(O)cc7)c6)cc6c(c35)CCCC6)CCCC4)c2)cc1. The second-order valence-corrected chi connectivity index (χ2v) is 17.6. The lowest BCUT2D eigenvalue weighted by atomic mass is 9.80. The molecule has 3 N–H and O–H groups in total. The molecule has 0 saturated carbocycles. The van der Waals surface area contributed by atoms with Crippen molar-refractivity contribution >= 4 is 30.2 Å². The first-order chi connectivity index (χ1) is 30.4. The van der Waals surface area contributed by atoms with Crippen LogP contribution in [0.4, 0.5) is 0 Å². The molecule has 0 atom stereocenters. The van der Waals surface area contributed by atoms with E-state index in [1.807, 2.05) is 36.4 Å². The molecule has 2 aliphatic rings. The number of hydrogen-bond donors (Lipinski definition) is 3. The Balaban J connectivity index is 1.24. The van der Waals surface area contributed by atoms with Crippen molar-refractivity contribution in [3.05, 3.63) is 180 Å². The first kappa shape index (κ1) is 38.2. The lowest BCUT2D eigenvalue weighted by Crippen LogP contribution is -2.07. The summed E-state index contributed by atoms with van der Waals surface area (Å²) in [5.41, 5.74) is 18.8. The lowest BCUT2D eigenvalue weighted by Gasteiger charge is -2.23. The van der Waals surface area contributed by atoms with Crippen molar-refractivity contribution in [3.63, 3.8) is 0 Å². The Morgan fingerprint density at radius 2 is 0.694 bits per heavy atom. The fourth-order valence-electron chi connectivity index (χ4n) is 9.89. The van der Waals surface area contributed by atoms with Crippen LogP contribution < -0.4 is 0 Å². The largest absolute Gasteiger partial charge is 0.508 e. The van der Waals surface area contributed by atoms with Crippen LogP contribution in [0, 0.1) is 0 Å². The molecule has 62 heavy (non-hydrogen) atoms. The van der Waals surface area contributed by atoms with Crippen molar-refractivity contribution in [2.24, 2.45) is 0 Å². The van der Waals surface area contributed by atoms with Gasteiger partial charge in [0.15, 0.2) is 11.2 Å². The van der Waals surface area contributed by atoms with E-state index in [2.05, 4.69) is 97.1 Å². The zero-order chi connectivity index (χ0) is 41.7. The van der Waals surface area contributed by atoms with E-state index >= 15 is 0 Å². The number of aromatic hydroxyl groups is 2. The van der Waals surface area contributed by atoms with Gasteiger partial charge in [0, 0.05) is 21.9 Å². The van der Waals surface area contributed by atoms with Crippen molar-refractivity contribution in [1.82, 2.24) is 0 Å². The first-order valence-corrected chi connectivity index (χ1v) is 22.8. The van der Waals surface area contributed by atoms with Crippen molar-refractivity contribution in [3.8, 4) is 78.3 Å². The van der Waals surface area contributed by atoms with Gasteiger partial charge in [-0.25, -0.2) is 0 Å². The molecular weight excluding hydrogens is 784 g/mol. The van der Waals surface area contributed by atoms with Gasteiger partial charge in [0.25, 0.3) is 0 Å². The number of phenolic OH excluding ortho intramolecular Hbond substituents is 2. The third-order valence-electron chi connectivity index (χ3n) is 12.9. The summed E-state index contributed by atoms with van der Waals surface area (Å²) >= 11 is 0. The average molecular weight is 829 g/mol. The minimum Gasteiger partial charge on any atom is -0.508 e. The van der Waals surface area contributed by atoms with Gasteiger partial charge in [0.1, 0.15) is 11.5 Å². The molecule has 0 unspecified atom stereocenters. The summed E-state index contributed by atoms with van der Waals surface area (Å²) in [5, 5.41) is 22.5. The Morgan fingerprint density at radius 1 is 0.355 bits per heavy atom. The summed E-state index contributed by atoms with van der Waals surface area (Å²) in [6.45, 7) is 0. The van der Waals surface area contributed by atoms with Gasteiger partial charge in [0.05, 0.1) is 0 Å². The average Bonchev–Trinajstić information content (AvgIpc) is 3.48. The molecule has 9 aromatic rings. The number of hydrogen-bond acceptors (Lipinski definition) is 5. The number of rotatable bonds is 6. The Hall–Kier alpha value is -6.78. The Morgan fingerprint density at radius 3 is 1.08 bits per heavy atom. The minimum absolute atomic E-state index is 0.225. The van der Waals surface area contributed by atoms with Crippen LogP contribution >= 0.6 is 8.24 Å². The van der Waals surface area contributed by atoms with Gasteiger partial charge >= 0.3 is 8.24 Å². The van der Waals surface area contributed by atoms with Crippen LogP contribution in [0.1, 0.15) is 47.9 Å². The predicted octanol–water partition coefficient (Wildman–Crippen LogP) is 15.2. The molecule has 2 aliphatic carbocycles. The van der Waals surface area contributed by atoms with E-state index in [0.717, 1.165) is 129 Å². The molecule has 0 saturated heterocycles. The third-order valence-corrected chi connectivity index (χ3v) is 13.6. The van der Waals surface area contributed by atoms with Crippen molar-refractivity contribution in [2.75, 3.05) is 0 Å². The smallest absolute Gasteiger partial charge is 0.384 e. The van der Waals surface area contributed by atoms with Crippen LogP contribution in [-0.2, 0) is 25.7 Å². The Bertz CT molecular complexity index is 2970. The molecule has 0 aliphatic heterocycles. The maximum absolute atomic E-state index is 12.1. The molecule has 0 spiro atoms. The fourth-order valence-corrected chi connectivity index (χ4v) is 10.6. The van der Waals surface area contributed by atoms with E-state index in [-0.39, 0.29) is 11.5 Å². The summed E-state index contributed by atoms with van der Waals surface area (Å²) in [7, 11) is -2.40. The highest BCUT2D eigenvalue weighted by atomic mass is 31.1. The molecule has 6 heteroatoms. The Kier molecular flexibility index (Phi) is 9.80. The molecule has 5 nitrogen and oxygen atoms in total. The molecule has 0 radical (unpaired) electrons. The first-order valence-electron chi connectivity index (χ1n) is 21.7. The van der Waals surface area contributed by atoms with Crippen LogP contribution in [0.3, 0.4) is 0 Å². The van der Waals surface area contributed by atoms with E-state index < -0.39 is 8.24 Å². The zero-order valence-corrected chi connectivity index (χ0v) is 35.2. The molecule has 8 aromatic carbocycles. The summed E-state index contributed by atoms with van der Waals surface area (Å²) < 4.78 is 13.6. The predicted molar refractivity (Wildman–Crippen MR) is 253 cm³/mol. The number of aryl methyl sites for hydroxylation is 4. The van der Waals surface area contributed by atoms with E-state index in [0.29, 0.717) is 11.2 Å². The highest BCUT2D eigenvalue weighted by Crippen LogP contribution is 2.49. The monoisotopic (exact) mass is 828 g/mol. The van der Waals surface area contributed by atoms with Gasteiger partial charge in [-0.1, -0.05) is 84.9 Å². The molecule has 0 fully saturated rings. The summed E-state index contributed by atoms with van der Waals surface area (Å²) in [4.78, 5) is 12.1. The Labute approximate surface area is 361 Å². The minimum atomic E-state index is -2.40. The van der Waals surface area contributed by atoms with Gasteiger partial charge in [-0.15, -0.1) is 0 Å². The quantitative estimate of drug-likeness (QED) is 0.155. The van der Waals surface area contributed by atoms with E-state index in [4.69, 9.17) is 8.39 Å². The molecule has 0 bridgehead atoms. The molecule has 1 aromatic heterocycles. The van der Waals surface area contributed by atoms with Crippen LogP contribution in [-0.4, -0.2) is 15.1 Å². The second kappa shape index (κ2) is 15.9. The lowest BCUT2D eigenvalue weighted by molar-refractivity contribution is 0.475. The van der Waals surface area contributed by atoms with Crippen molar-refractivity contribution in [2.45, 2.75) is 51.4 Å². The van der Waals surface area contributed by atoms with Gasteiger partial charge < -0.3 is 18.6 Å². The van der Waals surface area contributed by atoms with Gasteiger partial charge in [-0.05, 0) is 202 Å². The second-order valence-electron chi connectivity index (χ2n) is 16.8. The highest BCUT2D eigenvalue weighted by molar-refractivity contribution is 7.30. The van der Waals surface area contributed by atoms with Crippen molar-refractivity contribution < 1.29 is 23.5 Å². The van der Waals surface area contributed by atoms with E-state index in [1.54, 1.807) is 24.3 Å². The molecule has 1 heterocycles. The van der Waals surface area contributed by atoms with Gasteiger partial charge in [-0.3, -0.25) is 4.89 Å². The fraction of sp³-hybridized carbons (Fsp3) is 0.143. The van der Waals surface area contributed by atoms with E-state index in [9.17, 15) is 15.1 Å². The maximum atomic E-state index is 12.1. The number of fused-ring (bicyclic) bond motifs is 7. The summed E-state index contributed by atoms with van der Waals surface area (Å²) in [6.07, 6.45) is 8.12. The molecule has 0 amide bonds. The third kappa shape index (κ3) is 7.08. The molecular formula is C56H45O5P. The molecule has 11 rings (SSSR count). The van der Waals surface area contributed by atoms with Crippen LogP contribution in [0.25, 0.3) is 88.7 Å². The van der Waals surface area contributed by atoms with Gasteiger partial charge in [-0.2, -0.15) is 0 Å². The standard InChI is InChI=1S/C56H45O5P/c57-47-23-19-37(20-24-47)43-27-41(35-11-3-1-4-12-35)29-45(31-43)51-33-39-15-7-9-17-49(39)53-54-50-18-10-8-16-40(50)34-52(56(54)61-62(59)60-55(51)53)46-30-42(36-13-5-2-6-14-36)28-44(32-46)38-21-25-48(58)26-22-38/h1-6,11-14,19-34,57-59H,7-10,15-18H2. The van der Waals surface area contributed by atoms with Gasteiger partial charge in [0.2, 0.25) is 0 Å². The van der Waals surface area contributed by atoms with Crippen LogP contribution in [0.5, 0.6) is 11.5 Å². The zero-order valence-electron chi connectivity index (χ0n) is 34.3. The van der Waals surface area contributed by atoms with E-state index in [1.165, 1.54) is 22.3 Å². The summed E-state index contributed by atoms with van der Waals surface area (Å²) in [6, 6.07) is 53.6. The summed E-state index contributed by atoms with van der Waals surface area (Å²) in [5.74, 6) is 0.449. The highest BCUT2D eigenvalue weighted by Gasteiger charge is 2.27.